The molecule has 1 saturated carbocycles. The van der Waals surface area contributed by atoms with E-state index in [1.807, 2.05) is 24.3 Å². The van der Waals surface area contributed by atoms with Crippen LogP contribution in [0.4, 0.5) is 0 Å². The van der Waals surface area contributed by atoms with Crippen LogP contribution in [-0.4, -0.2) is 25.8 Å². The maximum Gasteiger partial charge on any atom is 0.183 e. The third-order valence-corrected chi connectivity index (χ3v) is 7.12. The van der Waals surface area contributed by atoms with Crippen LogP contribution in [0.25, 0.3) is 0 Å². The number of benzene rings is 2. The molecular weight excluding hydrogens is 308 g/mol. The molecule has 2 aromatic rings. The van der Waals surface area contributed by atoms with Gasteiger partial charge in [0, 0.05) is 12.5 Å². The van der Waals surface area contributed by atoms with Crippen molar-refractivity contribution < 1.29 is 8.42 Å². The van der Waals surface area contributed by atoms with E-state index in [4.69, 9.17) is 11.5 Å². The molecule has 0 aliphatic heterocycles. The molecule has 1 aliphatic rings. The highest BCUT2D eigenvalue weighted by atomic mass is 32.2. The monoisotopic (exact) mass is 330 g/mol. The van der Waals surface area contributed by atoms with E-state index >= 15 is 0 Å². The molecule has 23 heavy (non-hydrogen) atoms. The SMILES string of the molecule is CCc1ccc([C@H]2[C@@H](S(=O)(=O)c3ccccc3)[C@@]2(N)CN)cc1. The lowest BCUT2D eigenvalue weighted by Gasteiger charge is -2.09. The van der Waals surface area contributed by atoms with Crippen LogP contribution in [0.2, 0.25) is 0 Å². The van der Waals surface area contributed by atoms with Gasteiger partial charge < -0.3 is 11.5 Å². The van der Waals surface area contributed by atoms with Crippen molar-refractivity contribution in [1.29, 1.82) is 0 Å². The Morgan fingerprint density at radius 3 is 2.17 bits per heavy atom. The first-order chi connectivity index (χ1) is 10.9. The molecule has 0 bridgehead atoms. The van der Waals surface area contributed by atoms with Crippen molar-refractivity contribution in [1.82, 2.24) is 0 Å². The molecule has 0 radical (unpaired) electrons. The molecule has 5 heteroatoms. The maximum atomic E-state index is 12.9. The molecule has 0 heterocycles. The summed E-state index contributed by atoms with van der Waals surface area (Å²) in [5.74, 6) is -0.261. The van der Waals surface area contributed by atoms with Gasteiger partial charge in [-0.25, -0.2) is 8.42 Å². The molecule has 1 fully saturated rings. The Bertz CT molecular complexity index is 788. The summed E-state index contributed by atoms with van der Waals surface area (Å²) in [6.07, 6.45) is 0.946. The number of nitrogens with two attached hydrogens (primary N) is 2. The second-order valence-electron chi connectivity index (χ2n) is 6.17. The molecule has 122 valence electrons. The average molecular weight is 330 g/mol. The van der Waals surface area contributed by atoms with Crippen molar-refractivity contribution in [2.24, 2.45) is 11.5 Å². The highest BCUT2D eigenvalue weighted by Crippen LogP contribution is 2.55. The van der Waals surface area contributed by atoms with E-state index in [0.717, 1.165) is 12.0 Å². The molecule has 3 atom stereocenters. The predicted molar refractivity (Wildman–Crippen MR) is 91.9 cm³/mol. The van der Waals surface area contributed by atoms with Gasteiger partial charge in [-0.2, -0.15) is 0 Å². The fraction of sp³-hybridized carbons (Fsp3) is 0.333. The second kappa shape index (κ2) is 5.74. The van der Waals surface area contributed by atoms with Crippen molar-refractivity contribution in [3.8, 4) is 0 Å². The molecule has 0 spiro atoms. The third kappa shape index (κ3) is 2.59. The first-order valence-electron chi connectivity index (χ1n) is 7.82. The largest absolute Gasteiger partial charge is 0.329 e. The molecule has 0 aromatic heterocycles. The summed E-state index contributed by atoms with van der Waals surface area (Å²) in [7, 11) is -3.50. The number of aryl methyl sites for hydroxylation is 1. The minimum atomic E-state index is -3.50. The fourth-order valence-electron chi connectivity index (χ4n) is 3.34. The van der Waals surface area contributed by atoms with E-state index in [0.29, 0.717) is 4.90 Å². The summed E-state index contributed by atoms with van der Waals surface area (Å²) in [6.45, 7) is 2.23. The van der Waals surface area contributed by atoms with Crippen LogP contribution in [0.3, 0.4) is 0 Å². The summed E-state index contributed by atoms with van der Waals surface area (Å²) in [5.41, 5.74) is 13.4. The van der Waals surface area contributed by atoms with Gasteiger partial charge in [-0.05, 0) is 29.7 Å². The van der Waals surface area contributed by atoms with Gasteiger partial charge in [0.25, 0.3) is 0 Å². The first-order valence-corrected chi connectivity index (χ1v) is 9.36. The number of rotatable bonds is 5. The number of hydrogen-bond acceptors (Lipinski definition) is 4. The summed E-state index contributed by atoms with van der Waals surface area (Å²) >= 11 is 0. The standard InChI is InChI=1S/C18H22N2O2S/c1-2-13-8-10-14(11-9-13)16-17(18(16,20)12-19)23(21,22)15-6-4-3-5-7-15/h3-11,16-17H,2,12,19-20H2,1H3/t16-,17+,18+/m0/s1. The summed E-state index contributed by atoms with van der Waals surface area (Å²) in [4.78, 5) is 0.306. The lowest BCUT2D eigenvalue weighted by molar-refractivity contribution is 0.586. The summed E-state index contributed by atoms with van der Waals surface area (Å²) in [6, 6.07) is 16.5. The van der Waals surface area contributed by atoms with Gasteiger partial charge in [-0.15, -0.1) is 0 Å². The third-order valence-electron chi connectivity index (χ3n) is 4.81. The van der Waals surface area contributed by atoms with E-state index in [-0.39, 0.29) is 12.5 Å². The Balaban J connectivity index is 1.98. The zero-order valence-electron chi connectivity index (χ0n) is 13.1. The Morgan fingerprint density at radius 2 is 1.65 bits per heavy atom. The van der Waals surface area contributed by atoms with Crippen molar-refractivity contribution in [2.45, 2.75) is 34.9 Å². The molecule has 4 nitrogen and oxygen atoms in total. The van der Waals surface area contributed by atoms with Crippen LogP contribution in [-0.2, 0) is 16.3 Å². The van der Waals surface area contributed by atoms with Gasteiger partial charge in [0.05, 0.1) is 15.7 Å². The quantitative estimate of drug-likeness (QED) is 0.876. The highest BCUT2D eigenvalue weighted by molar-refractivity contribution is 7.92. The van der Waals surface area contributed by atoms with Crippen LogP contribution in [0.15, 0.2) is 59.5 Å². The van der Waals surface area contributed by atoms with Crippen LogP contribution in [0.1, 0.15) is 24.0 Å². The van der Waals surface area contributed by atoms with Crippen molar-refractivity contribution in [2.75, 3.05) is 6.54 Å². The molecule has 0 amide bonds. The maximum absolute atomic E-state index is 12.9. The zero-order chi connectivity index (χ0) is 16.7. The topological polar surface area (TPSA) is 86.2 Å². The van der Waals surface area contributed by atoms with Crippen molar-refractivity contribution in [3.05, 3.63) is 65.7 Å². The fourth-order valence-corrected chi connectivity index (χ4v) is 5.68. The Labute approximate surface area is 137 Å². The van der Waals surface area contributed by atoms with Crippen LogP contribution < -0.4 is 11.5 Å². The van der Waals surface area contributed by atoms with E-state index in [1.165, 1.54) is 5.56 Å². The van der Waals surface area contributed by atoms with Crippen molar-refractivity contribution >= 4 is 9.84 Å². The lowest BCUT2D eigenvalue weighted by Crippen LogP contribution is -2.39. The van der Waals surface area contributed by atoms with Crippen LogP contribution in [0, 0.1) is 0 Å². The Kier molecular flexibility index (Phi) is 4.04. The van der Waals surface area contributed by atoms with Crippen molar-refractivity contribution in [3.63, 3.8) is 0 Å². The normalized spacial score (nSPS) is 26.9. The molecule has 4 N–H and O–H groups in total. The minimum Gasteiger partial charge on any atom is -0.329 e. The van der Waals surface area contributed by atoms with Gasteiger partial charge in [0.2, 0.25) is 0 Å². The van der Waals surface area contributed by atoms with E-state index in [2.05, 4.69) is 6.92 Å². The van der Waals surface area contributed by atoms with Crippen LogP contribution in [0.5, 0.6) is 0 Å². The van der Waals surface area contributed by atoms with Crippen LogP contribution >= 0.6 is 0 Å². The van der Waals surface area contributed by atoms with Gasteiger partial charge in [0.1, 0.15) is 0 Å². The first kappa shape index (κ1) is 16.2. The van der Waals surface area contributed by atoms with Gasteiger partial charge in [-0.1, -0.05) is 49.4 Å². The smallest absolute Gasteiger partial charge is 0.183 e. The molecule has 2 aromatic carbocycles. The van der Waals surface area contributed by atoms with E-state index in [9.17, 15) is 8.42 Å². The second-order valence-corrected chi connectivity index (χ2v) is 8.24. The number of sulfone groups is 1. The minimum absolute atomic E-state index is 0.143. The Morgan fingerprint density at radius 1 is 1.04 bits per heavy atom. The molecule has 1 aliphatic carbocycles. The number of hydrogen-bond donors (Lipinski definition) is 2. The molecule has 0 unspecified atom stereocenters. The predicted octanol–water partition coefficient (Wildman–Crippen LogP) is 1.84. The summed E-state index contributed by atoms with van der Waals surface area (Å²) in [5, 5.41) is -0.671. The lowest BCUT2D eigenvalue weighted by atomic mass is 10.0. The Hall–Kier alpha value is -1.69. The molecule has 0 saturated heterocycles. The molecule has 3 rings (SSSR count). The molecular formula is C18H22N2O2S. The zero-order valence-corrected chi connectivity index (χ0v) is 14.0. The average Bonchev–Trinajstić information content (AvgIpc) is 3.23. The summed E-state index contributed by atoms with van der Waals surface area (Å²) < 4.78 is 25.9. The highest BCUT2D eigenvalue weighted by Gasteiger charge is 2.68. The van der Waals surface area contributed by atoms with E-state index < -0.39 is 20.6 Å². The van der Waals surface area contributed by atoms with Gasteiger partial charge in [-0.3, -0.25) is 0 Å². The van der Waals surface area contributed by atoms with Gasteiger partial charge in [0.15, 0.2) is 9.84 Å². The van der Waals surface area contributed by atoms with Gasteiger partial charge >= 0.3 is 0 Å². The van der Waals surface area contributed by atoms with E-state index in [1.54, 1.807) is 30.3 Å².